The summed E-state index contributed by atoms with van der Waals surface area (Å²) in [6.07, 6.45) is 2.13. The first kappa shape index (κ1) is 15.4. The first-order chi connectivity index (χ1) is 9.33. The molecule has 8 heteroatoms. The van der Waals surface area contributed by atoms with Crippen LogP contribution >= 0.6 is 11.8 Å². The van der Waals surface area contributed by atoms with Gasteiger partial charge < -0.3 is 10.1 Å². The predicted molar refractivity (Wildman–Crippen MR) is 77.9 cm³/mol. The number of H-pyrrole nitrogens is 1. The van der Waals surface area contributed by atoms with Crippen molar-refractivity contribution in [3.63, 3.8) is 0 Å². The summed E-state index contributed by atoms with van der Waals surface area (Å²) < 4.78 is 27.3. The molecule has 0 amide bonds. The highest BCUT2D eigenvalue weighted by molar-refractivity contribution is 8.00. The first-order valence-electron chi connectivity index (χ1n) is 6.36. The maximum Gasteiger partial charge on any atom is 0.352 e. The summed E-state index contributed by atoms with van der Waals surface area (Å²) in [5, 5.41) is 9.33. The van der Waals surface area contributed by atoms with E-state index in [4.69, 9.17) is 5.11 Å². The van der Waals surface area contributed by atoms with Crippen molar-refractivity contribution in [2.75, 3.05) is 12.3 Å². The molecular formula is C12H18N2O4S2. The lowest BCUT2D eigenvalue weighted by atomic mass is 10.2. The zero-order valence-corrected chi connectivity index (χ0v) is 13.0. The molecule has 1 atom stereocenters. The van der Waals surface area contributed by atoms with E-state index >= 15 is 0 Å². The molecular weight excluding hydrogens is 300 g/mol. The Labute approximate surface area is 122 Å². The van der Waals surface area contributed by atoms with Crippen LogP contribution in [0, 0.1) is 13.8 Å². The maximum atomic E-state index is 12.3. The molecule has 2 rings (SSSR count). The largest absolute Gasteiger partial charge is 0.477 e. The minimum Gasteiger partial charge on any atom is -0.477 e. The summed E-state index contributed by atoms with van der Waals surface area (Å²) in [6.45, 7) is 3.46. The van der Waals surface area contributed by atoms with Crippen molar-refractivity contribution in [3.8, 4) is 0 Å². The Bertz CT molecular complexity index is 616. The molecule has 0 bridgehead atoms. The average Bonchev–Trinajstić information content (AvgIpc) is 2.95. The molecule has 0 saturated carbocycles. The van der Waals surface area contributed by atoms with Crippen LogP contribution in [0.3, 0.4) is 0 Å². The van der Waals surface area contributed by atoms with Crippen molar-refractivity contribution < 1.29 is 18.3 Å². The van der Waals surface area contributed by atoms with Gasteiger partial charge >= 0.3 is 5.97 Å². The third-order valence-corrected chi connectivity index (χ3v) is 6.47. The summed E-state index contributed by atoms with van der Waals surface area (Å²) in [5.74, 6) is -0.0870. The average molecular weight is 318 g/mol. The number of hydrogen-bond acceptors (Lipinski definition) is 4. The second kappa shape index (κ2) is 5.79. The Morgan fingerprint density at radius 1 is 1.50 bits per heavy atom. The highest BCUT2D eigenvalue weighted by atomic mass is 32.2. The van der Waals surface area contributed by atoms with Gasteiger partial charge in [-0.25, -0.2) is 17.9 Å². The van der Waals surface area contributed by atoms with Gasteiger partial charge in [0.2, 0.25) is 10.0 Å². The van der Waals surface area contributed by atoms with Crippen molar-refractivity contribution in [2.24, 2.45) is 0 Å². The van der Waals surface area contributed by atoms with E-state index in [0.29, 0.717) is 17.5 Å². The van der Waals surface area contributed by atoms with Crippen LogP contribution in [0.2, 0.25) is 0 Å². The molecule has 1 fully saturated rings. The van der Waals surface area contributed by atoms with Crippen LogP contribution in [0.25, 0.3) is 0 Å². The number of rotatable bonds is 5. The fourth-order valence-corrected chi connectivity index (χ4v) is 5.26. The summed E-state index contributed by atoms with van der Waals surface area (Å²) in [6, 6.07) is 0. The summed E-state index contributed by atoms with van der Waals surface area (Å²) in [7, 11) is -3.68. The van der Waals surface area contributed by atoms with Crippen LogP contribution < -0.4 is 4.72 Å². The molecule has 1 aromatic rings. The van der Waals surface area contributed by atoms with E-state index in [1.54, 1.807) is 18.7 Å². The highest BCUT2D eigenvalue weighted by Crippen LogP contribution is 2.27. The van der Waals surface area contributed by atoms with Crippen LogP contribution in [0.1, 0.15) is 34.6 Å². The SMILES string of the molecule is Cc1[nH]c(C(=O)O)c(C)c1S(=O)(=O)NCC1CCCS1. The molecule has 0 aliphatic carbocycles. The van der Waals surface area contributed by atoms with E-state index in [9.17, 15) is 13.2 Å². The number of aryl methyl sites for hydroxylation is 1. The van der Waals surface area contributed by atoms with Crippen LogP contribution in [0.5, 0.6) is 0 Å². The number of hydrogen-bond donors (Lipinski definition) is 3. The molecule has 112 valence electrons. The number of sulfonamides is 1. The van der Waals surface area contributed by atoms with Gasteiger partial charge in [0.25, 0.3) is 0 Å². The lowest BCUT2D eigenvalue weighted by Gasteiger charge is -2.11. The van der Waals surface area contributed by atoms with Crippen molar-refractivity contribution in [3.05, 3.63) is 17.0 Å². The number of carbonyl (C=O) groups is 1. The first-order valence-corrected chi connectivity index (χ1v) is 8.90. The third-order valence-electron chi connectivity index (χ3n) is 3.38. The lowest BCUT2D eigenvalue weighted by molar-refractivity contribution is 0.0690. The minimum absolute atomic E-state index is 0.0536. The van der Waals surface area contributed by atoms with E-state index < -0.39 is 16.0 Å². The summed E-state index contributed by atoms with van der Waals surface area (Å²) >= 11 is 1.77. The van der Waals surface area contributed by atoms with Gasteiger partial charge in [-0.05, 0) is 32.4 Å². The summed E-state index contributed by atoms with van der Waals surface area (Å²) in [5.41, 5.74) is 0.533. The van der Waals surface area contributed by atoms with Crippen molar-refractivity contribution in [1.82, 2.24) is 9.71 Å². The molecule has 1 aliphatic rings. The monoisotopic (exact) mass is 318 g/mol. The number of carboxylic acid groups (broad SMARTS) is 1. The van der Waals surface area contributed by atoms with E-state index in [1.165, 1.54) is 6.92 Å². The lowest BCUT2D eigenvalue weighted by Crippen LogP contribution is -2.30. The molecule has 0 aromatic carbocycles. The normalized spacial score (nSPS) is 19.4. The fourth-order valence-electron chi connectivity index (χ4n) is 2.43. The van der Waals surface area contributed by atoms with Gasteiger partial charge in [-0.2, -0.15) is 11.8 Å². The smallest absolute Gasteiger partial charge is 0.352 e. The third kappa shape index (κ3) is 3.02. The van der Waals surface area contributed by atoms with Crippen LogP contribution in [-0.4, -0.2) is 42.0 Å². The second-order valence-corrected chi connectivity index (χ2v) is 7.98. The number of nitrogens with one attached hydrogen (secondary N) is 2. The van der Waals surface area contributed by atoms with Crippen molar-refractivity contribution in [2.45, 2.75) is 36.8 Å². The predicted octanol–water partition coefficient (Wildman–Crippen LogP) is 1.50. The van der Waals surface area contributed by atoms with Gasteiger partial charge in [0.1, 0.15) is 10.6 Å². The standard InChI is InChI=1S/C12H18N2O4S2/c1-7-10(12(15)16)14-8(2)11(7)20(17,18)13-6-9-4-3-5-19-9/h9,13-14H,3-6H2,1-2H3,(H,15,16). The molecule has 1 aromatic heterocycles. The second-order valence-electron chi connectivity index (χ2n) is 4.87. The molecule has 1 unspecified atom stereocenters. The topological polar surface area (TPSA) is 99.3 Å². The Hall–Kier alpha value is -0.990. The Balaban J connectivity index is 2.22. The molecule has 3 N–H and O–H groups in total. The summed E-state index contributed by atoms with van der Waals surface area (Å²) in [4.78, 5) is 13.7. The van der Waals surface area contributed by atoms with Gasteiger partial charge in [-0.15, -0.1) is 0 Å². The minimum atomic E-state index is -3.68. The molecule has 2 heterocycles. The number of aromatic nitrogens is 1. The van der Waals surface area contributed by atoms with Gasteiger partial charge in [0, 0.05) is 23.1 Å². The van der Waals surface area contributed by atoms with Gasteiger partial charge in [-0.1, -0.05) is 0 Å². The quantitative estimate of drug-likeness (QED) is 0.764. The van der Waals surface area contributed by atoms with E-state index in [2.05, 4.69) is 9.71 Å². The number of aromatic amines is 1. The van der Waals surface area contributed by atoms with Crippen LogP contribution in [0.15, 0.2) is 4.90 Å². The van der Waals surface area contributed by atoms with Crippen molar-refractivity contribution in [1.29, 1.82) is 0 Å². The van der Waals surface area contributed by atoms with Gasteiger partial charge in [-0.3, -0.25) is 0 Å². The Kier molecular flexibility index (Phi) is 4.46. The number of aromatic carboxylic acids is 1. The van der Waals surface area contributed by atoms with Crippen LogP contribution in [-0.2, 0) is 10.0 Å². The zero-order valence-electron chi connectivity index (χ0n) is 11.4. The van der Waals surface area contributed by atoms with E-state index in [1.807, 2.05) is 0 Å². The molecule has 1 saturated heterocycles. The Morgan fingerprint density at radius 2 is 2.20 bits per heavy atom. The van der Waals surface area contributed by atoms with E-state index in [0.717, 1.165) is 18.6 Å². The van der Waals surface area contributed by atoms with Crippen LogP contribution in [0.4, 0.5) is 0 Å². The van der Waals surface area contributed by atoms with E-state index in [-0.39, 0.29) is 16.2 Å². The highest BCUT2D eigenvalue weighted by Gasteiger charge is 2.27. The number of thioether (sulfide) groups is 1. The number of carboxylic acids is 1. The molecule has 20 heavy (non-hydrogen) atoms. The molecule has 6 nitrogen and oxygen atoms in total. The van der Waals surface area contributed by atoms with Crippen molar-refractivity contribution >= 4 is 27.8 Å². The maximum absolute atomic E-state index is 12.3. The molecule has 0 radical (unpaired) electrons. The van der Waals surface area contributed by atoms with Gasteiger partial charge in [0.05, 0.1) is 0 Å². The molecule has 0 spiro atoms. The Morgan fingerprint density at radius 3 is 2.70 bits per heavy atom. The zero-order chi connectivity index (χ0) is 14.9. The molecule has 1 aliphatic heterocycles. The fraction of sp³-hybridized carbons (Fsp3) is 0.583. The van der Waals surface area contributed by atoms with Gasteiger partial charge in [0.15, 0.2) is 0 Å².